The summed E-state index contributed by atoms with van der Waals surface area (Å²) in [6, 6.07) is 67.6. The first-order chi connectivity index (χ1) is 29.6. The lowest BCUT2D eigenvalue weighted by atomic mass is 9.74. The number of fused-ring (bicyclic) bond motifs is 6. The van der Waals surface area contributed by atoms with Crippen LogP contribution in [-0.4, -0.2) is 15.0 Å². The van der Waals surface area contributed by atoms with Crippen LogP contribution in [0.4, 0.5) is 0 Å². The van der Waals surface area contributed by atoms with Crippen LogP contribution < -0.4 is 0 Å². The predicted molar refractivity (Wildman–Crippen MR) is 252 cm³/mol. The molecule has 10 aromatic rings. The number of benzene rings is 8. The fraction of sp³-hybridized carbons (Fsp3) is 0.0893. The van der Waals surface area contributed by atoms with Gasteiger partial charge in [0.15, 0.2) is 17.5 Å². The average Bonchev–Trinajstić information content (AvgIpc) is 3.85. The summed E-state index contributed by atoms with van der Waals surface area (Å²) in [7, 11) is 0. The zero-order valence-electron chi connectivity index (χ0n) is 33.6. The van der Waals surface area contributed by atoms with E-state index in [1.165, 1.54) is 70.2 Å². The van der Waals surface area contributed by atoms with Crippen molar-refractivity contribution in [2.75, 3.05) is 0 Å². The highest BCUT2D eigenvalue weighted by atomic mass is 32.1. The van der Waals surface area contributed by atoms with Crippen molar-refractivity contribution in [1.82, 2.24) is 15.0 Å². The summed E-state index contributed by atoms with van der Waals surface area (Å²) in [5, 5.41) is 2.60. The lowest BCUT2D eigenvalue weighted by Crippen LogP contribution is -2.22. The van der Waals surface area contributed by atoms with Crippen LogP contribution in [0.5, 0.6) is 0 Å². The molecule has 0 bridgehead atoms. The maximum atomic E-state index is 5.31. The van der Waals surface area contributed by atoms with Crippen LogP contribution in [0.15, 0.2) is 188 Å². The van der Waals surface area contributed by atoms with E-state index in [2.05, 4.69) is 202 Å². The molecule has 0 saturated heterocycles. The highest BCUT2D eigenvalue weighted by Crippen LogP contribution is 2.55. The molecule has 0 radical (unpaired) electrons. The highest BCUT2D eigenvalue weighted by molar-refractivity contribution is 7.26. The van der Waals surface area contributed by atoms with E-state index in [-0.39, 0.29) is 5.41 Å². The Morgan fingerprint density at radius 2 is 0.883 bits per heavy atom. The quantitative estimate of drug-likeness (QED) is 0.154. The summed E-state index contributed by atoms with van der Waals surface area (Å²) >= 11 is 1.86. The van der Waals surface area contributed by atoms with E-state index in [1.54, 1.807) is 0 Å². The maximum Gasteiger partial charge on any atom is 0.164 e. The third kappa shape index (κ3) is 5.90. The molecule has 1 aliphatic rings. The number of thiophene rings is 1. The molecule has 2 aromatic heterocycles. The molecule has 0 amide bonds. The second-order valence-electron chi connectivity index (χ2n) is 15.8. The summed E-state index contributed by atoms with van der Waals surface area (Å²) in [5.41, 5.74) is 15.3. The van der Waals surface area contributed by atoms with E-state index in [9.17, 15) is 0 Å². The number of rotatable bonds is 8. The van der Waals surface area contributed by atoms with Crippen LogP contribution in [0.1, 0.15) is 37.8 Å². The zero-order chi connectivity index (χ0) is 40.2. The van der Waals surface area contributed by atoms with Gasteiger partial charge in [0.25, 0.3) is 0 Å². The zero-order valence-corrected chi connectivity index (χ0v) is 34.4. The molecule has 4 heteroatoms. The Labute approximate surface area is 354 Å². The van der Waals surface area contributed by atoms with Gasteiger partial charge in [0.2, 0.25) is 0 Å². The minimum absolute atomic E-state index is 0.0542. The maximum absolute atomic E-state index is 5.31. The van der Waals surface area contributed by atoms with Gasteiger partial charge in [-0.3, -0.25) is 0 Å². The first-order valence-corrected chi connectivity index (χ1v) is 21.7. The Kier molecular flexibility index (Phi) is 8.83. The van der Waals surface area contributed by atoms with Gasteiger partial charge in [0, 0.05) is 42.3 Å². The topological polar surface area (TPSA) is 38.7 Å². The highest BCUT2D eigenvalue weighted by Gasteiger charge is 2.41. The molecule has 0 aliphatic heterocycles. The molecular weight excluding hydrogens is 747 g/mol. The second-order valence-corrected chi connectivity index (χ2v) is 16.8. The predicted octanol–water partition coefficient (Wildman–Crippen LogP) is 15.3. The van der Waals surface area contributed by atoms with Gasteiger partial charge in [-0.05, 0) is 80.6 Å². The largest absolute Gasteiger partial charge is 0.208 e. The average molecular weight is 788 g/mol. The molecule has 0 spiro atoms. The number of hydrogen-bond donors (Lipinski definition) is 0. The summed E-state index contributed by atoms with van der Waals surface area (Å²) in [4.78, 5) is 15.8. The minimum Gasteiger partial charge on any atom is -0.208 e. The van der Waals surface area contributed by atoms with Crippen LogP contribution in [0.25, 0.3) is 98.8 Å². The summed E-state index contributed by atoms with van der Waals surface area (Å²) in [6.07, 6.45) is 2.04. The third-order valence-electron chi connectivity index (χ3n) is 12.7. The van der Waals surface area contributed by atoms with Crippen molar-refractivity contribution in [2.45, 2.75) is 32.1 Å². The van der Waals surface area contributed by atoms with E-state index in [0.29, 0.717) is 17.5 Å². The van der Waals surface area contributed by atoms with Gasteiger partial charge in [-0.1, -0.05) is 190 Å². The van der Waals surface area contributed by atoms with E-state index in [4.69, 9.17) is 15.0 Å². The van der Waals surface area contributed by atoms with E-state index < -0.39 is 0 Å². The van der Waals surface area contributed by atoms with Crippen molar-refractivity contribution in [3.63, 3.8) is 0 Å². The number of nitrogens with zero attached hydrogens (tertiary/aromatic N) is 3. The van der Waals surface area contributed by atoms with Gasteiger partial charge in [0.1, 0.15) is 0 Å². The standard InChI is InChI=1S/C56H41N3S/c1-3-56(4-2)48-24-10-8-20-46(48)51-47(23-14-25-49(51)56)55-58-53(39-31-27-37(28-32-39)42-18-12-17-41(35-42)36-15-6-5-7-16-36)57-54(59-55)40-33-29-38(30-34-40)43-21-13-22-45-44-19-9-11-26-50(44)60-52(43)45/h5-35H,3-4H2,1-2H3. The molecule has 286 valence electrons. The number of hydrogen-bond acceptors (Lipinski definition) is 4. The molecule has 0 unspecified atom stereocenters. The molecule has 0 N–H and O–H groups in total. The van der Waals surface area contributed by atoms with Gasteiger partial charge in [-0.15, -0.1) is 11.3 Å². The van der Waals surface area contributed by atoms with E-state index in [0.717, 1.165) is 35.1 Å². The van der Waals surface area contributed by atoms with Crippen molar-refractivity contribution in [3.8, 4) is 78.7 Å². The summed E-state index contributed by atoms with van der Waals surface area (Å²) in [5.74, 6) is 1.99. The third-order valence-corrected chi connectivity index (χ3v) is 13.9. The van der Waals surface area contributed by atoms with Crippen LogP contribution >= 0.6 is 11.3 Å². The molecule has 2 heterocycles. The molecule has 60 heavy (non-hydrogen) atoms. The monoisotopic (exact) mass is 787 g/mol. The molecule has 11 rings (SSSR count). The first kappa shape index (κ1) is 36.1. The normalized spacial score (nSPS) is 12.8. The van der Waals surface area contributed by atoms with Crippen molar-refractivity contribution in [2.24, 2.45) is 0 Å². The van der Waals surface area contributed by atoms with Crippen molar-refractivity contribution >= 4 is 31.5 Å². The Balaban J connectivity index is 1.04. The Bertz CT molecular complexity index is 3210. The molecular formula is C56H41N3S. The Morgan fingerprint density at radius 1 is 0.383 bits per heavy atom. The van der Waals surface area contributed by atoms with Crippen molar-refractivity contribution in [1.29, 1.82) is 0 Å². The van der Waals surface area contributed by atoms with Gasteiger partial charge < -0.3 is 0 Å². The van der Waals surface area contributed by atoms with E-state index in [1.807, 2.05) is 11.3 Å². The van der Waals surface area contributed by atoms with Gasteiger partial charge >= 0.3 is 0 Å². The Hall–Kier alpha value is -7.01. The Morgan fingerprint density at radius 3 is 1.62 bits per heavy atom. The van der Waals surface area contributed by atoms with Crippen LogP contribution in [0.2, 0.25) is 0 Å². The summed E-state index contributed by atoms with van der Waals surface area (Å²) in [6.45, 7) is 4.63. The molecule has 0 fully saturated rings. The van der Waals surface area contributed by atoms with Crippen LogP contribution in [0.3, 0.4) is 0 Å². The van der Waals surface area contributed by atoms with Crippen LogP contribution in [-0.2, 0) is 5.41 Å². The fourth-order valence-electron chi connectivity index (χ4n) is 9.55. The van der Waals surface area contributed by atoms with Crippen LogP contribution in [0, 0.1) is 0 Å². The fourth-order valence-corrected chi connectivity index (χ4v) is 10.8. The van der Waals surface area contributed by atoms with Gasteiger partial charge in [-0.2, -0.15) is 0 Å². The van der Waals surface area contributed by atoms with Crippen molar-refractivity contribution in [3.05, 3.63) is 199 Å². The number of aromatic nitrogens is 3. The SMILES string of the molecule is CCC1(CC)c2ccccc2-c2c(-c3nc(-c4ccc(-c5cccc(-c6ccccc6)c5)cc4)nc(-c4ccc(-c5cccc6c5sc5ccccc56)cc4)n3)cccc21. The van der Waals surface area contributed by atoms with E-state index >= 15 is 0 Å². The molecule has 0 atom stereocenters. The smallest absolute Gasteiger partial charge is 0.164 e. The molecule has 0 saturated carbocycles. The molecule has 8 aromatic carbocycles. The lowest BCUT2D eigenvalue weighted by Gasteiger charge is -2.29. The first-order valence-electron chi connectivity index (χ1n) is 20.9. The molecule has 3 nitrogen and oxygen atoms in total. The van der Waals surface area contributed by atoms with Crippen molar-refractivity contribution < 1.29 is 0 Å². The second kappa shape index (κ2) is 14.7. The van der Waals surface area contributed by atoms with Gasteiger partial charge in [-0.25, -0.2) is 15.0 Å². The summed E-state index contributed by atoms with van der Waals surface area (Å²) < 4.78 is 2.61. The minimum atomic E-state index is -0.0542. The van der Waals surface area contributed by atoms with Gasteiger partial charge in [0.05, 0.1) is 0 Å². The lowest BCUT2D eigenvalue weighted by molar-refractivity contribution is 0.490. The molecule has 1 aliphatic carbocycles.